The van der Waals surface area contributed by atoms with Crippen LogP contribution in [0.4, 0.5) is 5.69 Å². The number of amides is 4. The van der Waals surface area contributed by atoms with Crippen molar-refractivity contribution in [2.75, 3.05) is 32.6 Å². The van der Waals surface area contributed by atoms with Crippen molar-refractivity contribution in [3.8, 4) is 5.75 Å². The van der Waals surface area contributed by atoms with Gasteiger partial charge < -0.3 is 15.0 Å². The summed E-state index contributed by atoms with van der Waals surface area (Å²) in [4.78, 5) is 52.2. The number of benzene rings is 2. The third-order valence-electron chi connectivity index (χ3n) is 4.69. The molecule has 4 amide bonds. The Morgan fingerprint density at radius 2 is 1.87 bits per heavy atom. The number of imide groups is 1. The maximum absolute atomic E-state index is 12.8. The SMILES string of the molecule is C=CCN1C(=O)c2ccc(C(=O)N(C)CC(=O)Nc3cc(Cl)ccc3OC)cc2C1=O. The van der Waals surface area contributed by atoms with Gasteiger partial charge in [0.05, 0.1) is 30.5 Å². The van der Waals surface area contributed by atoms with Gasteiger partial charge in [0.25, 0.3) is 17.7 Å². The second-order valence-corrected chi connectivity index (χ2v) is 7.26. The molecule has 1 heterocycles. The predicted molar refractivity (Wildman–Crippen MR) is 116 cm³/mol. The Kier molecular flexibility index (Phi) is 6.41. The molecule has 0 saturated heterocycles. The average molecular weight is 442 g/mol. The van der Waals surface area contributed by atoms with E-state index in [0.717, 1.165) is 4.90 Å². The number of nitrogens with zero attached hydrogens (tertiary/aromatic N) is 2. The summed E-state index contributed by atoms with van der Waals surface area (Å²) in [5.74, 6) is -1.41. The lowest BCUT2D eigenvalue weighted by Gasteiger charge is -2.18. The van der Waals surface area contributed by atoms with Crippen LogP contribution in [-0.4, -0.2) is 60.7 Å². The number of carbonyl (C=O) groups excluding carboxylic acids is 4. The maximum Gasteiger partial charge on any atom is 0.261 e. The van der Waals surface area contributed by atoms with Gasteiger partial charge in [-0.2, -0.15) is 0 Å². The van der Waals surface area contributed by atoms with Crippen molar-refractivity contribution in [3.05, 3.63) is 70.8 Å². The Hall–Kier alpha value is -3.65. The predicted octanol–water partition coefficient (Wildman–Crippen LogP) is 2.84. The summed E-state index contributed by atoms with van der Waals surface area (Å²) in [7, 11) is 2.92. The molecule has 0 atom stereocenters. The van der Waals surface area contributed by atoms with Crippen LogP contribution in [0.3, 0.4) is 0 Å². The molecule has 8 nitrogen and oxygen atoms in total. The topological polar surface area (TPSA) is 96.0 Å². The molecule has 0 aromatic heterocycles. The zero-order valence-corrected chi connectivity index (χ0v) is 17.7. The molecule has 1 N–H and O–H groups in total. The summed E-state index contributed by atoms with van der Waals surface area (Å²) in [6.07, 6.45) is 1.45. The quantitative estimate of drug-likeness (QED) is 0.526. The lowest BCUT2D eigenvalue weighted by Crippen LogP contribution is -2.35. The van der Waals surface area contributed by atoms with Gasteiger partial charge in [0, 0.05) is 24.2 Å². The zero-order chi connectivity index (χ0) is 22.7. The molecule has 1 aliphatic heterocycles. The Morgan fingerprint density at radius 3 is 2.55 bits per heavy atom. The number of methoxy groups -OCH3 is 1. The fourth-order valence-electron chi connectivity index (χ4n) is 3.19. The van der Waals surface area contributed by atoms with E-state index in [-0.39, 0.29) is 29.8 Å². The monoisotopic (exact) mass is 441 g/mol. The lowest BCUT2D eigenvalue weighted by molar-refractivity contribution is -0.116. The number of likely N-dealkylation sites (N-methyl/N-ethyl adjacent to an activating group) is 1. The van der Waals surface area contributed by atoms with E-state index < -0.39 is 23.6 Å². The average Bonchev–Trinajstić information content (AvgIpc) is 2.98. The zero-order valence-electron chi connectivity index (χ0n) is 17.0. The molecular formula is C22H20ClN3O5. The van der Waals surface area contributed by atoms with Gasteiger partial charge in [-0.25, -0.2) is 0 Å². The molecule has 3 rings (SSSR count). The highest BCUT2D eigenvalue weighted by atomic mass is 35.5. The smallest absolute Gasteiger partial charge is 0.261 e. The summed E-state index contributed by atoms with van der Waals surface area (Å²) >= 11 is 5.96. The summed E-state index contributed by atoms with van der Waals surface area (Å²) in [6, 6.07) is 9.05. The van der Waals surface area contributed by atoms with Crippen LogP contribution in [0.5, 0.6) is 5.75 Å². The Morgan fingerprint density at radius 1 is 1.16 bits per heavy atom. The molecule has 2 aromatic rings. The standard InChI is InChI=1S/C22H20ClN3O5/c1-4-9-26-21(29)15-7-5-13(10-16(15)22(26)30)20(28)25(2)12-19(27)24-17-11-14(23)6-8-18(17)31-3/h4-8,10-11H,1,9,12H2,2-3H3,(H,24,27). The molecule has 1 aliphatic rings. The van der Waals surface area contributed by atoms with E-state index in [1.165, 1.54) is 49.4 Å². The van der Waals surface area contributed by atoms with E-state index in [0.29, 0.717) is 16.5 Å². The summed E-state index contributed by atoms with van der Waals surface area (Å²) in [5.41, 5.74) is 0.955. The highest BCUT2D eigenvalue weighted by Crippen LogP contribution is 2.28. The molecule has 0 saturated carbocycles. The summed E-state index contributed by atoms with van der Waals surface area (Å²) in [6.45, 7) is 3.38. The van der Waals surface area contributed by atoms with E-state index in [1.807, 2.05) is 0 Å². The normalized spacial score (nSPS) is 12.4. The highest BCUT2D eigenvalue weighted by molar-refractivity contribution is 6.31. The van der Waals surface area contributed by atoms with Crippen molar-refractivity contribution in [3.63, 3.8) is 0 Å². The minimum atomic E-state index is -0.483. The van der Waals surface area contributed by atoms with Gasteiger partial charge >= 0.3 is 0 Å². The van der Waals surface area contributed by atoms with Gasteiger partial charge in [-0.1, -0.05) is 17.7 Å². The van der Waals surface area contributed by atoms with Gasteiger partial charge in [-0.05, 0) is 36.4 Å². The van der Waals surface area contributed by atoms with Crippen molar-refractivity contribution >= 4 is 40.9 Å². The molecule has 0 aliphatic carbocycles. The first-order valence-electron chi connectivity index (χ1n) is 9.26. The van der Waals surface area contributed by atoms with E-state index in [9.17, 15) is 19.2 Å². The number of halogens is 1. The van der Waals surface area contributed by atoms with Crippen molar-refractivity contribution < 1.29 is 23.9 Å². The number of rotatable bonds is 7. The van der Waals surface area contributed by atoms with E-state index >= 15 is 0 Å². The van der Waals surface area contributed by atoms with Gasteiger partial charge in [-0.3, -0.25) is 24.1 Å². The number of anilines is 1. The Balaban J connectivity index is 1.72. The third kappa shape index (κ3) is 4.44. The van der Waals surface area contributed by atoms with Crippen LogP contribution in [0.1, 0.15) is 31.1 Å². The van der Waals surface area contributed by atoms with E-state index in [2.05, 4.69) is 11.9 Å². The number of hydrogen-bond donors (Lipinski definition) is 1. The van der Waals surface area contributed by atoms with Crippen LogP contribution < -0.4 is 10.1 Å². The largest absolute Gasteiger partial charge is 0.495 e. The molecular weight excluding hydrogens is 422 g/mol. The minimum Gasteiger partial charge on any atom is -0.495 e. The van der Waals surface area contributed by atoms with Crippen molar-refractivity contribution in [1.29, 1.82) is 0 Å². The molecule has 2 aromatic carbocycles. The fraction of sp³-hybridized carbons (Fsp3) is 0.182. The first-order valence-corrected chi connectivity index (χ1v) is 9.64. The van der Waals surface area contributed by atoms with Crippen LogP contribution in [-0.2, 0) is 4.79 Å². The Bertz CT molecular complexity index is 1100. The molecule has 9 heteroatoms. The Labute approximate surface area is 184 Å². The number of ether oxygens (including phenoxy) is 1. The van der Waals surface area contributed by atoms with Crippen LogP contribution >= 0.6 is 11.6 Å². The maximum atomic E-state index is 12.8. The van der Waals surface area contributed by atoms with Gasteiger partial charge in [0.1, 0.15) is 5.75 Å². The second-order valence-electron chi connectivity index (χ2n) is 6.82. The molecule has 160 valence electrons. The van der Waals surface area contributed by atoms with Crippen molar-refractivity contribution in [2.45, 2.75) is 0 Å². The fourth-order valence-corrected chi connectivity index (χ4v) is 3.37. The number of fused-ring (bicyclic) bond motifs is 1. The molecule has 0 radical (unpaired) electrons. The van der Waals surface area contributed by atoms with Crippen LogP contribution in [0.25, 0.3) is 0 Å². The molecule has 31 heavy (non-hydrogen) atoms. The summed E-state index contributed by atoms with van der Waals surface area (Å²) < 4.78 is 5.19. The van der Waals surface area contributed by atoms with Crippen molar-refractivity contribution in [1.82, 2.24) is 9.80 Å². The van der Waals surface area contributed by atoms with E-state index in [1.54, 1.807) is 12.1 Å². The van der Waals surface area contributed by atoms with Gasteiger partial charge in [-0.15, -0.1) is 6.58 Å². The second kappa shape index (κ2) is 9.01. The van der Waals surface area contributed by atoms with Gasteiger partial charge in [0.2, 0.25) is 5.91 Å². The highest BCUT2D eigenvalue weighted by Gasteiger charge is 2.35. The summed E-state index contributed by atoms with van der Waals surface area (Å²) in [5, 5.41) is 3.08. The van der Waals surface area contributed by atoms with Crippen LogP contribution in [0.15, 0.2) is 49.1 Å². The number of carbonyl (C=O) groups is 4. The van der Waals surface area contributed by atoms with Crippen molar-refractivity contribution in [2.24, 2.45) is 0 Å². The first kappa shape index (κ1) is 22.0. The van der Waals surface area contributed by atoms with E-state index in [4.69, 9.17) is 16.3 Å². The van der Waals surface area contributed by atoms with Gasteiger partial charge in [0.15, 0.2) is 0 Å². The third-order valence-corrected chi connectivity index (χ3v) is 4.93. The van der Waals surface area contributed by atoms with Crippen LogP contribution in [0.2, 0.25) is 5.02 Å². The molecule has 0 fully saturated rings. The molecule has 0 unspecified atom stereocenters. The lowest BCUT2D eigenvalue weighted by atomic mass is 10.0. The first-order chi connectivity index (χ1) is 14.8. The minimum absolute atomic E-state index is 0.0860. The number of nitrogens with one attached hydrogen (secondary N) is 1. The number of hydrogen-bond acceptors (Lipinski definition) is 5. The molecule has 0 spiro atoms. The molecule has 0 bridgehead atoms. The van der Waals surface area contributed by atoms with Crippen LogP contribution in [0, 0.1) is 0 Å².